The summed E-state index contributed by atoms with van der Waals surface area (Å²) in [7, 11) is 1.58. The van der Waals surface area contributed by atoms with Crippen molar-refractivity contribution in [3.8, 4) is 11.5 Å². The van der Waals surface area contributed by atoms with Gasteiger partial charge in [-0.3, -0.25) is 4.79 Å². The van der Waals surface area contributed by atoms with Crippen molar-refractivity contribution in [2.75, 3.05) is 13.7 Å². The van der Waals surface area contributed by atoms with E-state index in [1.807, 2.05) is 31.2 Å². The van der Waals surface area contributed by atoms with E-state index in [1.54, 1.807) is 25.3 Å². The molecule has 1 amide bonds. The molecule has 2 aromatic carbocycles. The van der Waals surface area contributed by atoms with E-state index in [2.05, 4.69) is 10.5 Å². The topological polar surface area (TPSA) is 59.9 Å². The van der Waals surface area contributed by atoms with Gasteiger partial charge in [0.05, 0.1) is 13.3 Å². The molecule has 0 aliphatic carbocycles. The van der Waals surface area contributed by atoms with Crippen molar-refractivity contribution in [2.45, 2.75) is 6.92 Å². The van der Waals surface area contributed by atoms with Gasteiger partial charge in [0.1, 0.15) is 11.5 Å². The molecule has 5 nitrogen and oxygen atoms in total. The molecule has 120 valence electrons. The molecule has 0 fully saturated rings. The van der Waals surface area contributed by atoms with Gasteiger partial charge < -0.3 is 9.47 Å². The highest BCUT2D eigenvalue weighted by molar-refractivity contribution is 6.30. The average Bonchev–Trinajstić information content (AvgIpc) is 2.54. The van der Waals surface area contributed by atoms with Crippen molar-refractivity contribution in [3.05, 3.63) is 58.6 Å². The SMILES string of the molecule is COc1ccccc1/C=N/NC(=O)COc1ccc(Cl)cc1C. The lowest BCUT2D eigenvalue weighted by Gasteiger charge is -2.08. The first-order chi connectivity index (χ1) is 11.1. The minimum Gasteiger partial charge on any atom is -0.496 e. The van der Waals surface area contributed by atoms with Crippen molar-refractivity contribution in [3.63, 3.8) is 0 Å². The van der Waals surface area contributed by atoms with Crippen LogP contribution >= 0.6 is 11.6 Å². The molecule has 0 unspecified atom stereocenters. The fraction of sp³-hybridized carbons (Fsp3) is 0.176. The Morgan fingerprint density at radius 2 is 2.04 bits per heavy atom. The minimum absolute atomic E-state index is 0.133. The highest BCUT2D eigenvalue weighted by Crippen LogP contribution is 2.21. The van der Waals surface area contributed by atoms with Gasteiger partial charge in [-0.05, 0) is 42.8 Å². The molecule has 0 bridgehead atoms. The predicted molar refractivity (Wildman–Crippen MR) is 90.4 cm³/mol. The monoisotopic (exact) mass is 332 g/mol. The number of para-hydroxylation sites is 1. The summed E-state index contributed by atoms with van der Waals surface area (Å²) in [4.78, 5) is 11.7. The Bertz CT molecular complexity index is 717. The molecular formula is C17H17ClN2O3. The summed E-state index contributed by atoms with van der Waals surface area (Å²) in [6.45, 7) is 1.73. The minimum atomic E-state index is -0.356. The van der Waals surface area contributed by atoms with Crippen molar-refractivity contribution in [2.24, 2.45) is 5.10 Å². The third kappa shape index (κ3) is 5.00. The Balaban J connectivity index is 1.86. The number of hydrogen-bond acceptors (Lipinski definition) is 4. The van der Waals surface area contributed by atoms with Gasteiger partial charge in [-0.2, -0.15) is 5.10 Å². The number of benzene rings is 2. The lowest BCUT2D eigenvalue weighted by atomic mass is 10.2. The molecule has 6 heteroatoms. The lowest BCUT2D eigenvalue weighted by molar-refractivity contribution is -0.123. The van der Waals surface area contributed by atoms with Crippen LogP contribution in [0.3, 0.4) is 0 Å². The van der Waals surface area contributed by atoms with Gasteiger partial charge in [0.15, 0.2) is 6.61 Å². The Morgan fingerprint density at radius 3 is 2.78 bits per heavy atom. The number of nitrogens with one attached hydrogen (secondary N) is 1. The number of rotatable bonds is 6. The standard InChI is InChI=1S/C17H17ClN2O3/c1-12-9-14(18)7-8-15(12)23-11-17(21)20-19-10-13-5-3-4-6-16(13)22-2/h3-10H,11H2,1-2H3,(H,20,21)/b19-10+. The quantitative estimate of drug-likeness (QED) is 0.653. The fourth-order valence-electron chi connectivity index (χ4n) is 1.90. The van der Waals surface area contributed by atoms with Gasteiger partial charge in [-0.1, -0.05) is 23.7 Å². The maximum Gasteiger partial charge on any atom is 0.277 e. The Kier molecular flexibility index (Phi) is 6.00. The number of halogens is 1. The molecule has 0 aliphatic rings. The zero-order chi connectivity index (χ0) is 16.7. The lowest BCUT2D eigenvalue weighted by Crippen LogP contribution is -2.24. The molecule has 0 spiro atoms. The normalized spacial score (nSPS) is 10.6. The van der Waals surface area contributed by atoms with Gasteiger partial charge in [-0.15, -0.1) is 0 Å². The van der Waals surface area contributed by atoms with E-state index in [4.69, 9.17) is 21.1 Å². The third-order valence-corrected chi connectivity index (χ3v) is 3.26. The second-order valence-electron chi connectivity index (χ2n) is 4.73. The number of amides is 1. The first kappa shape index (κ1) is 16.8. The highest BCUT2D eigenvalue weighted by atomic mass is 35.5. The summed E-state index contributed by atoms with van der Waals surface area (Å²) in [5.74, 6) is 0.933. The second-order valence-corrected chi connectivity index (χ2v) is 5.17. The molecule has 0 aliphatic heterocycles. The summed E-state index contributed by atoms with van der Waals surface area (Å²) in [5, 5.41) is 4.52. The fourth-order valence-corrected chi connectivity index (χ4v) is 2.12. The number of carbonyl (C=O) groups is 1. The van der Waals surface area contributed by atoms with Gasteiger partial charge >= 0.3 is 0 Å². The van der Waals surface area contributed by atoms with E-state index < -0.39 is 0 Å². The Hall–Kier alpha value is -2.53. The van der Waals surface area contributed by atoms with Crippen LogP contribution in [0.25, 0.3) is 0 Å². The summed E-state index contributed by atoms with van der Waals surface area (Å²) >= 11 is 5.87. The first-order valence-corrected chi connectivity index (χ1v) is 7.32. The molecule has 1 N–H and O–H groups in total. The molecular weight excluding hydrogens is 316 g/mol. The van der Waals surface area contributed by atoms with Gasteiger partial charge in [0, 0.05) is 10.6 Å². The molecule has 0 atom stereocenters. The summed E-state index contributed by atoms with van der Waals surface area (Å²) in [5.41, 5.74) is 4.04. The number of ether oxygens (including phenoxy) is 2. The molecule has 0 aromatic heterocycles. The van der Waals surface area contributed by atoms with Crippen LogP contribution < -0.4 is 14.9 Å². The third-order valence-electron chi connectivity index (χ3n) is 3.03. The van der Waals surface area contributed by atoms with Crippen molar-refractivity contribution >= 4 is 23.7 Å². The van der Waals surface area contributed by atoms with E-state index in [1.165, 1.54) is 6.21 Å². The van der Waals surface area contributed by atoms with Crippen LogP contribution in [0.1, 0.15) is 11.1 Å². The highest BCUT2D eigenvalue weighted by Gasteiger charge is 2.05. The zero-order valence-corrected chi connectivity index (χ0v) is 13.6. The number of hydrogen-bond donors (Lipinski definition) is 1. The molecule has 0 heterocycles. The second kappa shape index (κ2) is 8.19. The van der Waals surface area contributed by atoms with Crippen molar-refractivity contribution in [1.29, 1.82) is 0 Å². The van der Waals surface area contributed by atoms with Crippen LogP contribution in [0.15, 0.2) is 47.6 Å². The maximum absolute atomic E-state index is 11.7. The number of carbonyl (C=O) groups excluding carboxylic acids is 1. The predicted octanol–water partition coefficient (Wildman–Crippen LogP) is 3.19. The van der Waals surface area contributed by atoms with Crippen LogP contribution in [0.4, 0.5) is 0 Å². The molecule has 0 saturated heterocycles. The van der Waals surface area contributed by atoms with Gasteiger partial charge in [0.25, 0.3) is 5.91 Å². The average molecular weight is 333 g/mol. The summed E-state index contributed by atoms with van der Waals surface area (Å²) < 4.78 is 10.6. The van der Waals surface area contributed by atoms with Crippen LogP contribution in [-0.2, 0) is 4.79 Å². The maximum atomic E-state index is 11.7. The largest absolute Gasteiger partial charge is 0.496 e. The van der Waals surface area contributed by atoms with Gasteiger partial charge in [0.2, 0.25) is 0 Å². The molecule has 23 heavy (non-hydrogen) atoms. The van der Waals surface area contributed by atoms with E-state index in [0.29, 0.717) is 16.5 Å². The number of aryl methyl sites for hydroxylation is 1. The smallest absolute Gasteiger partial charge is 0.277 e. The number of hydrazone groups is 1. The van der Waals surface area contributed by atoms with Crippen LogP contribution in [0.5, 0.6) is 11.5 Å². The van der Waals surface area contributed by atoms with Crippen LogP contribution in [0, 0.1) is 6.92 Å². The van der Waals surface area contributed by atoms with Crippen molar-refractivity contribution < 1.29 is 14.3 Å². The van der Waals surface area contributed by atoms with Crippen molar-refractivity contribution in [1.82, 2.24) is 5.43 Å². The molecule has 0 radical (unpaired) electrons. The molecule has 2 aromatic rings. The summed E-state index contributed by atoms with van der Waals surface area (Å²) in [6, 6.07) is 12.6. The summed E-state index contributed by atoms with van der Waals surface area (Å²) in [6.07, 6.45) is 1.52. The number of nitrogens with zero attached hydrogens (tertiary/aromatic N) is 1. The molecule has 0 saturated carbocycles. The number of methoxy groups -OCH3 is 1. The van der Waals surface area contributed by atoms with E-state index in [9.17, 15) is 4.79 Å². The first-order valence-electron chi connectivity index (χ1n) is 6.94. The van der Waals surface area contributed by atoms with E-state index >= 15 is 0 Å². The van der Waals surface area contributed by atoms with Crippen LogP contribution in [-0.4, -0.2) is 25.8 Å². The zero-order valence-electron chi connectivity index (χ0n) is 12.9. The van der Waals surface area contributed by atoms with Crippen LogP contribution in [0.2, 0.25) is 5.02 Å². The van der Waals surface area contributed by atoms with E-state index in [0.717, 1.165) is 11.1 Å². The van der Waals surface area contributed by atoms with E-state index in [-0.39, 0.29) is 12.5 Å². The Morgan fingerprint density at radius 1 is 1.26 bits per heavy atom. The van der Waals surface area contributed by atoms with Gasteiger partial charge in [-0.25, -0.2) is 5.43 Å². The Labute approximate surface area is 139 Å². The molecule has 2 rings (SSSR count).